The zero-order valence-corrected chi connectivity index (χ0v) is 7.31. The Morgan fingerprint density at radius 1 is 1.43 bits per heavy atom. The van der Waals surface area contributed by atoms with Gasteiger partial charge in [0, 0.05) is 7.05 Å². The van der Waals surface area contributed by atoms with Gasteiger partial charge in [0.2, 0.25) is 5.91 Å². The molecule has 8 heteroatoms. The minimum Gasteiger partial charge on any atom is -0.357 e. The number of nitrogens with one attached hydrogen (secondary N) is 2. The van der Waals surface area contributed by atoms with Crippen LogP contribution >= 0.6 is 0 Å². The van der Waals surface area contributed by atoms with Crippen LogP contribution in [0.1, 0.15) is 6.42 Å². The second-order valence-corrected chi connectivity index (χ2v) is 2.49. The van der Waals surface area contributed by atoms with E-state index in [4.69, 9.17) is 0 Å². The first-order chi connectivity index (χ1) is 6.26. The molecule has 0 aromatic heterocycles. The molecule has 0 aromatic carbocycles. The van der Waals surface area contributed by atoms with Gasteiger partial charge < -0.3 is 16.4 Å². The third-order valence-electron chi connectivity index (χ3n) is 1.31. The number of nitrogens with two attached hydrogens (primary N) is 1. The number of carbonyl (C=O) groups is 2. The van der Waals surface area contributed by atoms with Crippen molar-refractivity contribution in [2.75, 3.05) is 7.05 Å². The highest BCUT2D eigenvalue weighted by molar-refractivity contribution is 5.86. The molecule has 0 radical (unpaired) electrons. The van der Waals surface area contributed by atoms with Crippen LogP contribution in [-0.2, 0) is 4.79 Å². The summed E-state index contributed by atoms with van der Waals surface area (Å²) in [6, 6.07) is -2.86. The van der Waals surface area contributed by atoms with Gasteiger partial charge in [0.25, 0.3) is 0 Å². The normalized spacial score (nSPS) is 13.1. The first-order valence-electron chi connectivity index (χ1n) is 3.60. The summed E-state index contributed by atoms with van der Waals surface area (Å²) in [7, 11) is 1.16. The van der Waals surface area contributed by atoms with Crippen LogP contribution in [0.3, 0.4) is 0 Å². The van der Waals surface area contributed by atoms with Crippen LogP contribution in [0.4, 0.5) is 18.0 Å². The smallest absolute Gasteiger partial charge is 0.357 e. The van der Waals surface area contributed by atoms with E-state index < -0.39 is 30.6 Å². The molecular weight excluding hydrogens is 203 g/mol. The fourth-order valence-corrected chi connectivity index (χ4v) is 0.787. The van der Waals surface area contributed by atoms with Crippen molar-refractivity contribution in [1.82, 2.24) is 10.6 Å². The molecule has 1 atom stereocenters. The van der Waals surface area contributed by atoms with E-state index in [1.807, 2.05) is 5.32 Å². The van der Waals surface area contributed by atoms with E-state index in [0.29, 0.717) is 0 Å². The van der Waals surface area contributed by atoms with Crippen LogP contribution in [0.5, 0.6) is 0 Å². The molecular formula is C6H10F3N3O2. The second kappa shape index (κ2) is 4.68. The van der Waals surface area contributed by atoms with Crippen molar-refractivity contribution < 1.29 is 22.8 Å². The summed E-state index contributed by atoms with van der Waals surface area (Å²) in [4.78, 5) is 21.1. The molecule has 0 saturated carbocycles. The predicted octanol–water partition coefficient (Wildman–Crippen LogP) is -0.278. The monoisotopic (exact) mass is 213 g/mol. The second-order valence-electron chi connectivity index (χ2n) is 2.49. The van der Waals surface area contributed by atoms with Crippen molar-refractivity contribution in [2.45, 2.75) is 18.6 Å². The maximum Gasteiger partial charge on any atom is 0.391 e. The SMILES string of the molecule is CNC(=O)C(CC(F)(F)F)NC(N)=O. The zero-order valence-electron chi connectivity index (χ0n) is 7.31. The molecule has 1 unspecified atom stereocenters. The third kappa shape index (κ3) is 5.22. The predicted molar refractivity (Wildman–Crippen MR) is 41.2 cm³/mol. The van der Waals surface area contributed by atoms with Crippen LogP contribution in [0.25, 0.3) is 0 Å². The molecule has 5 nitrogen and oxygen atoms in total. The van der Waals surface area contributed by atoms with Crippen molar-refractivity contribution in [3.05, 3.63) is 0 Å². The number of likely N-dealkylation sites (N-methyl/N-ethyl adjacent to an activating group) is 1. The summed E-state index contributed by atoms with van der Waals surface area (Å²) >= 11 is 0. The first-order valence-corrected chi connectivity index (χ1v) is 3.60. The van der Waals surface area contributed by atoms with Crippen LogP contribution in [0.15, 0.2) is 0 Å². The molecule has 0 aliphatic carbocycles. The molecule has 14 heavy (non-hydrogen) atoms. The molecule has 4 N–H and O–H groups in total. The summed E-state index contributed by atoms with van der Waals surface area (Å²) in [5, 5.41) is 3.68. The van der Waals surface area contributed by atoms with Gasteiger partial charge in [0.15, 0.2) is 0 Å². The average Bonchev–Trinajstić information content (AvgIpc) is 1.98. The van der Waals surface area contributed by atoms with E-state index in [9.17, 15) is 22.8 Å². The number of halogens is 3. The average molecular weight is 213 g/mol. The molecule has 0 aliphatic rings. The van der Waals surface area contributed by atoms with Gasteiger partial charge in [0.05, 0.1) is 6.42 Å². The number of amides is 3. The van der Waals surface area contributed by atoms with Gasteiger partial charge in [-0.3, -0.25) is 4.79 Å². The van der Waals surface area contributed by atoms with Crippen LogP contribution in [0, 0.1) is 0 Å². The van der Waals surface area contributed by atoms with E-state index >= 15 is 0 Å². The Bertz CT molecular complexity index is 229. The van der Waals surface area contributed by atoms with Crippen LogP contribution < -0.4 is 16.4 Å². The minimum absolute atomic E-state index is 0.943. The highest BCUT2D eigenvalue weighted by Crippen LogP contribution is 2.21. The van der Waals surface area contributed by atoms with Crippen molar-refractivity contribution in [3.63, 3.8) is 0 Å². The minimum atomic E-state index is -4.54. The molecule has 0 fully saturated rings. The highest BCUT2D eigenvalue weighted by atomic mass is 19.4. The Balaban J connectivity index is 4.40. The van der Waals surface area contributed by atoms with E-state index in [0.717, 1.165) is 7.05 Å². The summed E-state index contributed by atoms with van der Waals surface area (Å²) in [5.74, 6) is -0.943. The topological polar surface area (TPSA) is 84.2 Å². The quantitative estimate of drug-likeness (QED) is 0.602. The maximum atomic E-state index is 11.9. The number of rotatable bonds is 3. The Kier molecular flexibility index (Phi) is 4.19. The fraction of sp³-hybridized carbons (Fsp3) is 0.667. The van der Waals surface area contributed by atoms with Gasteiger partial charge in [-0.2, -0.15) is 13.2 Å². The molecule has 0 bridgehead atoms. The molecule has 82 valence electrons. The Hall–Kier alpha value is -1.47. The molecule has 0 heterocycles. The summed E-state index contributed by atoms with van der Waals surface area (Å²) in [5.41, 5.74) is 4.61. The molecule has 3 amide bonds. The van der Waals surface area contributed by atoms with Crippen molar-refractivity contribution >= 4 is 11.9 Å². The highest BCUT2D eigenvalue weighted by Gasteiger charge is 2.35. The third-order valence-corrected chi connectivity index (χ3v) is 1.31. The van der Waals surface area contributed by atoms with Crippen molar-refractivity contribution in [3.8, 4) is 0 Å². The maximum absolute atomic E-state index is 11.9. The molecule has 0 rings (SSSR count). The van der Waals surface area contributed by atoms with E-state index in [2.05, 4.69) is 5.73 Å². The summed E-state index contributed by atoms with van der Waals surface area (Å²) in [6.07, 6.45) is -5.99. The van der Waals surface area contributed by atoms with E-state index in [-0.39, 0.29) is 0 Å². The zero-order chi connectivity index (χ0) is 11.4. The molecule has 0 spiro atoms. The lowest BCUT2D eigenvalue weighted by atomic mass is 10.2. The summed E-state index contributed by atoms with van der Waals surface area (Å²) in [6.45, 7) is 0. The van der Waals surface area contributed by atoms with E-state index in [1.165, 1.54) is 0 Å². The largest absolute Gasteiger partial charge is 0.391 e. The number of hydrogen-bond acceptors (Lipinski definition) is 2. The van der Waals surface area contributed by atoms with Crippen LogP contribution in [0.2, 0.25) is 0 Å². The Labute approximate surface area is 77.8 Å². The summed E-state index contributed by atoms with van der Waals surface area (Å²) < 4.78 is 35.6. The Morgan fingerprint density at radius 3 is 2.21 bits per heavy atom. The van der Waals surface area contributed by atoms with Gasteiger partial charge in [0.1, 0.15) is 6.04 Å². The van der Waals surface area contributed by atoms with Gasteiger partial charge in [-0.1, -0.05) is 0 Å². The first kappa shape index (κ1) is 12.5. The lowest BCUT2D eigenvalue weighted by Crippen LogP contribution is -2.49. The number of carbonyl (C=O) groups excluding carboxylic acids is 2. The van der Waals surface area contributed by atoms with Gasteiger partial charge in [-0.25, -0.2) is 4.79 Å². The molecule has 0 aliphatic heterocycles. The number of primary amides is 1. The van der Waals surface area contributed by atoms with Gasteiger partial charge in [-0.15, -0.1) is 0 Å². The number of urea groups is 1. The molecule has 0 aromatic rings. The number of alkyl halides is 3. The van der Waals surface area contributed by atoms with Gasteiger partial charge >= 0.3 is 12.2 Å². The van der Waals surface area contributed by atoms with Gasteiger partial charge in [-0.05, 0) is 0 Å². The Morgan fingerprint density at radius 2 is 1.93 bits per heavy atom. The van der Waals surface area contributed by atoms with Crippen LogP contribution in [-0.4, -0.2) is 31.2 Å². The van der Waals surface area contributed by atoms with Crippen molar-refractivity contribution in [1.29, 1.82) is 0 Å². The standard InChI is InChI=1S/C6H10F3N3O2/c1-11-4(13)3(12-5(10)14)2-6(7,8)9/h3H,2H2,1H3,(H,11,13)(H3,10,12,14). The van der Waals surface area contributed by atoms with Crippen molar-refractivity contribution in [2.24, 2.45) is 5.73 Å². The lowest BCUT2D eigenvalue weighted by Gasteiger charge is -2.17. The molecule has 0 saturated heterocycles. The number of hydrogen-bond donors (Lipinski definition) is 3. The fourth-order valence-electron chi connectivity index (χ4n) is 0.787. The van der Waals surface area contributed by atoms with E-state index in [1.54, 1.807) is 5.32 Å². The lowest BCUT2D eigenvalue weighted by molar-refractivity contribution is -0.148.